The largest absolute Gasteiger partial charge is 0.466 e. The number of ether oxygens (including phenoxy) is 1. The van der Waals surface area contributed by atoms with E-state index in [2.05, 4.69) is 4.74 Å². The van der Waals surface area contributed by atoms with Crippen molar-refractivity contribution in [2.24, 2.45) is 0 Å². The van der Waals surface area contributed by atoms with Crippen molar-refractivity contribution in [3.05, 3.63) is 40.7 Å². The SMILES string of the molecule is COC(=O)C(C)=CCSc1ccc(F)c(Cl)c1. The zero-order chi connectivity index (χ0) is 12.8. The summed E-state index contributed by atoms with van der Waals surface area (Å²) in [4.78, 5) is 11.9. The van der Waals surface area contributed by atoms with Gasteiger partial charge >= 0.3 is 5.97 Å². The fraction of sp³-hybridized carbons (Fsp3) is 0.250. The summed E-state index contributed by atoms with van der Waals surface area (Å²) in [6, 6.07) is 4.53. The number of carbonyl (C=O) groups excluding carboxylic acids is 1. The van der Waals surface area contributed by atoms with Gasteiger partial charge in [-0.15, -0.1) is 11.8 Å². The Labute approximate surface area is 109 Å². The first-order valence-corrected chi connectivity index (χ1v) is 6.24. The summed E-state index contributed by atoms with van der Waals surface area (Å²) < 4.78 is 17.4. The van der Waals surface area contributed by atoms with E-state index in [-0.39, 0.29) is 11.0 Å². The molecule has 0 atom stereocenters. The maximum absolute atomic E-state index is 12.9. The Hall–Kier alpha value is -1.00. The van der Waals surface area contributed by atoms with Crippen molar-refractivity contribution in [2.75, 3.05) is 12.9 Å². The van der Waals surface area contributed by atoms with Crippen LogP contribution >= 0.6 is 23.4 Å². The van der Waals surface area contributed by atoms with Crippen LogP contribution in [0.25, 0.3) is 0 Å². The Morgan fingerprint density at radius 2 is 2.29 bits per heavy atom. The maximum Gasteiger partial charge on any atom is 0.333 e. The molecular weight excluding hydrogens is 263 g/mol. The van der Waals surface area contributed by atoms with Crippen LogP contribution in [0.5, 0.6) is 0 Å². The average molecular weight is 275 g/mol. The third-order valence-corrected chi connectivity index (χ3v) is 3.25. The highest BCUT2D eigenvalue weighted by molar-refractivity contribution is 7.99. The first-order chi connectivity index (χ1) is 8.04. The molecule has 0 bridgehead atoms. The molecular formula is C12H12ClFO2S. The van der Waals surface area contributed by atoms with Gasteiger partial charge in [0.25, 0.3) is 0 Å². The first-order valence-electron chi connectivity index (χ1n) is 4.87. The third kappa shape index (κ3) is 4.40. The molecule has 0 fully saturated rings. The van der Waals surface area contributed by atoms with Gasteiger partial charge in [-0.05, 0) is 25.1 Å². The summed E-state index contributed by atoms with van der Waals surface area (Å²) >= 11 is 7.11. The van der Waals surface area contributed by atoms with E-state index >= 15 is 0 Å². The third-order valence-electron chi connectivity index (χ3n) is 2.04. The van der Waals surface area contributed by atoms with Crippen LogP contribution < -0.4 is 0 Å². The predicted molar refractivity (Wildman–Crippen MR) is 67.9 cm³/mol. The Bertz CT molecular complexity index is 446. The molecule has 0 spiro atoms. The minimum atomic E-state index is -0.433. The number of rotatable bonds is 4. The molecule has 92 valence electrons. The normalized spacial score (nSPS) is 11.4. The highest BCUT2D eigenvalue weighted by Crippen LogP contribution is 2.24. The van der Waals surface area contributed by atoms with Gasteiger partial charge < -0.3 is 4.74 Å². The topological polar surface area (TPSA) is 26.3 Å². The van der Waals surface area contributed by atoms with Gasteiger partial charge in [-0.2, -0.15) is 0 Å². The number of hydrogen-bond acceptors (Lipinski definition) is 3. The van der Waals surface area contributed by atoms with Crippen molar-refractivity contribution in [1.82, 2.24) is 0 Å². The van der Waals surface area contributed by atoms with Crippen LogP contribution in [0.15, 0.2) is 34.7 Å². The molecule has 17 heavy (non-hydrogen) atoms. The summed E-state index contributed by atoms with van der Waals surface area (Å²) in [7, 11) is 1.34. The van der Waals surface area contributed by atoms with Crippen LogP contribution in [-0.4, -0.2) is 18.8 Å². The molecule has 0 saturated heterocycles. The van der Waals surface area contributed by atoms with Crippen LogP contribution in [0.2, 0.25) is 5.02 Å². The fourth-order valence-electron chi connectivity index (χ4n) is 1.07. The van der Waals surface area contributed by atoms with Crippen molar-refractivity contribution in [1.29, 1.82) is 0 Å². The lowest BCUT2D eigenvalue weighted by Crippen LogP contribution is -2.01. The van der Waals surface area contributed by atoms with Gasteiger partial charge in [0.1, 0.15) is 5.82 Å². The molecule has 0 heterocycles. The van der Waals surface area contributed by atoms with Crippen molar-refractivity contribution in [3.63, 3.8) is 0 Å². The second-order valence-corrected chi connectivity index (χ2v) is 4.77. The highest BCUT2D eigenvalue weighted by atomic mass is 35.5. The minimum Gasteiger partial charge on any atom is -0.466 e. The second kappa shape index (κ2) is 6.67. The lowest BCUT2D eigenvalue weighted by Gasteiger charge is -2.01. The first kappa shape index (κ1) is 14.1. The molecule has 0 amide bonds. The monoisotopic (exact) mass is 274 g/mol. The lowest BCUT2D eigenvalue weighted by atomic mass is 10.3. The van der Waals surface area contributed by atoms with Crippen LogP contribution in [-0.2, 0) is 9.53 Å². The van der Waals surface area contributed by atoms with Crippen LogP contribution in [0.3, 0.4) is 0 Å². The number of esters is 1. The Kier molecular flexibility index (Phi) is 5.51. The van der Waals surface area contributed by atoms with Gasteiger partial charge in [-0.25, -0.2) is 9.18 Å². The molecule has 1 aromatic rings. The van der Waals surface area contributed by atoms with E-state index in [0.29, 0.717) is 11.3 Å². The molecule has 5 heteroatoms. The van der Waals surface area contributed by atoms with E-state index in [1.54, 1.807) is 25.1 Å². The molecule has 1 rings (SSSR count). The van der Waals surface area contributed by atoms with Gasteiger partial charge in [-0.3, -0.25) is 0 Å². The van der Waals surface area contributed by atoms with Crippen LogP contribution in [0.4, 0.5) is 4.39 Å². The number of halogens is 2. The zero-order valence-corrected chi connectivity index (χ0v) is 11.1. The Balaban J connectivity index is 2.56. The molecule has 1 aromatic carbocycles. The number of thioether (sulfide) groups is 1. The number of hydrogen-bond donors (Lipinski definition) is 0. The summed E-state index contributed by atoms with van der Waals surface area (Å²) in [5.41, 5.74) is 0.549. The molecule has 2 nitrogen and oxygen atoms in total. The molecule has 0 aromatic heterocycles. The van der Waals surface area contributed by atoms with Gasteiger partial charge in [0.15, 0.2) is 0 Å². The summed E-state index contributed by atoms with van der Waals surface area (Å²) in [6.07, 6.45) is 1.76. The van der Waals surface area contributed by atoms with Gasteiger partial charge in [-0.1, -0.05) is 17.7 Å². The molecule has 0 unspecified atom stereocenters. The van der Waals surface area contributed by atoms with Crippen molar-refractivity contribution >= 4 is 29.3 Å². The van der Waals surface area contributed by atoms with E-state index in [4.69, 9.17) is 11.6 Å². The number of methoxy groups -OCH3 is 1. The zero-order valence-electron chi connectivity index (χ0n) is 9.50. The quantitative estimate of drug-likeness (QED) is 0.476. The summed E-state index contributed by atoms with van der Waals surface area (Å²) in [6.45, 7) is 1.68. The molecule has 0 N–H and O–H groups in total. The van der Waals surface area contributed by atoms with Crippen molar-refractivity contribution in [2.45, 2.75) is 11.8 Å². The average Bonchev–Trinajstić information content (AvgIpc) is 2.32. The summed E-state index contributed by atoms with van der Waals surface area (Å²) in [5, 5.41) is 0.101. The van der Waals surface area contributed by atoms with E-state index in [9.17, 15) is 9.18 Å². The smallest absolute Gasteiger partial charge is 0.333 e. The van der Waals surface area contributed by atoms with E-state index in [0.717, 1.165) is 4.90 Å². The summed E-state index contributed by atoms with van der Waals surface area (Å²) in [5.74, 6) is -0.178. The van der Waals surface area contributed by atoms with Gasteiger partial charge in [0.2, 0.25) is 0 Å². The fourth-order valence-corrected chi connectivity index (χ4v) is 2.21. The highest BCUT2D eigenvalue weighted by Gasteiger charge is 2.03. The molecule has 0 aliphatic carbocycles. The van der Waals surface area contributed by atoms with E-state index in [1.165, 1.54) is 24.9 Å². The van der Waals surface area contributed by atoms with Crippen molar-refractivity contribution < 1.29 is 13.9 Å². The lowest BCUT2D eigenvalue weighted by molar-refractivity contribution is -0.136. The van der Waals surface area contributed by atoms with E-state index < -0.39 is 5.82 Å². The molecule has 0 aliphatic rings. The number of benzene rings is 1. The molecule has 0 saturated carbocycles. The van der Waals surface area contributed by atoms with Crippen LogP contribution in [0, 0.1) is 5.82 Å². The van der Waals surface area contributed by atoms with E-state index in [1.807, 2.05) is 0 Å². The standard InChI is InChI=1S/C12H12ClFO2S/c1-8(12(15)16-2)5-6-17-9-3-4-11(14)10(13)7-9/h3-5,7H,6H2,1-2H3. The molecule has 0 radical (unpaired) electrons. The van der Waals surface area contributed by atoms with Gasteiger partial charge in [0.05, 0.1) is 12.1 Å². The minimum absolute atomic E-state index is 0.101. The van der Waals surface area contributed by atoms with Gasteiger partial charge in [0, 0.05) is 16.2 Å². The second-order valence-electron chi connectivity index (χ2n) is 3.27. The Morgan fingerprint density at radius 1 is 1.59 bits per heavy atom. The maximum atomic E-state index is 12.9. The van der Waals surface area contributed by atoms with Crippen LogP contribution in [0.1, 0.15) is 6.92 Å². The predicted octanol–water partition coefficient (Wildman–Crippen LogP) is 3.69. The molecule has 0 aliphatic heterocycles. The number of carbonyl (C=O) groups is 1. The Morgan fingerprint density at radius 3 is 2.88 bits per heavy atom. The van der Waals surface area contributed by atoms with Crippen molar-refractivity contribution in [3.8, 4) is 0 Å².